The minimum atomic E-state index is -0.226. The van der Waals surface area contributed by atoms with Gasteiger partial charge in [-0.3, -0.25) is 4.79 Å². The fourth-order valence-electron chi connectivity index (χ4n) is 2.41. The molecule has 0 spiro atoms. The number of anilines is 1. The molecule has 1 unspecified atom stereocenters. The summed E-state index contributed by atoms with van der Waals surface area (Å²) in [5.41, 5.74) is 0.949. The average molecular weight is 301 g/mol. The lowest BCUT2D eigenvalue weighted by molar-refractivity contribution is 0.0529. The van der Waals surface area contributed by atoms with E-state index in [1.807, 2.05) is 12.1 Å². The molecule has 1 amide bonds. The number of nitrogens with one attached hydrogen (secondary N) is 1. The number of carbonyl (C=O) groups excluding carboxylic acids is 1. The SMILES string of the molecule is CC1CN(c2ccc(CNC(=O)c3ccco3)cn2)CCO1. The maximum Gasteiger partial charge on any atom is 0.287 e. The van der Waals surface area contributed by atoms with Gasteiger partial charge in [-0.05, 0) is 30.7 Å². The zero-order valence-corrected chi connectivity index (χ0v) is 12.5. The quantitative estimate of drug-likeness (QED) is 0.933. The van der Waals surface area contributed by atoms with Crippen LogP contribution in [-0.2, 0) is 11.3 Å². The monoisotopic (exact) mass is 301 g/mol. The van der Waals surface area contributed by atoms with Crippen molar-refractivity contribution in [1.29, 1.82) is 0 Å². The first kappa shape index (κ1) is 14.6. The summed E-state index contributed by atoms with van der Waals surface area (Å²) in [5, 5.41) is 2.80. The summed E-state index contributed by atoms with van der Waals surface area (Å²) < 4.78 is 10.6. The minimum Gasteiger partial charge on any atom is -0.459 e. The fraction of sp³-hybridized carbons (Fsp3) is 0.375. The average Bonchev–Trinajstić information content (AvgIpc) is 3.08. The van der Waals surface area contributed by atoms with E-state index in [0.29, 0.717) is 12.3 Å². The maximum absolute atomic E-state index is 11.8. The van der Waals surface area contributed by atoms with Crippen LogP contribution in [0.2, 0.25) is 0 Å². The molecule has 1 fully saturated rings. The second-order valence-electron chi connectivity index (χ2n) is 5.31. The van der Waals surface area contributed by atoms with Gasteiger partial charge in [-0.15, -0.1) is 0 Å². The normalized spacial score (nSPS) is 18.2. The Kier molecular flexibility index (Phi) is 4.39. The largest absolute Gasteiger partial charge is 0.459 e. The Labute approximate surface area is 129 Å². The molecule has 3 rings (SSSR count). The van der Waals surface area contributed by atoms with E-state index in [0.717, 1.165) is 31.1 Å². The molecular formula is C16H19N3O3. The Hall–Kier alpha value is -2.34. The van der Waals surface area contributed by atoms with Crippen LogP contribution in [0.15, 0.2) is 41.1 Å². The van der Waals surface area contributed by atoms with Gasteiger partial charge in [-0.1, -0.05) is 6.07 Å². The number of morpholine rings is 1. The predicted molar refractivity (Wildman–Crippen MR) is 81.7 cm³/mol. The number of ether oxygens (including phenoxy) is 1. The summed E-state index contributed by atoms with van der Waals surface area (Å²) in [5.74, 6) is 1.03. The van der Waals surface area contributed by atoms with Gasteiger partial charge in [0.1, 0.15) is 5.82 Å². The smallest absolute Gasteiger partial charge is 0.287 e. The summed E-state index contributed by atoms with van der Waals surface area (Å²) in [6, 6.07) is 7.28. The van der Waals surface area contributed by atoms with Crippen molar-refractivity contribution in [2.45, 2.75) is 19.6 Å². The van der Waals surface area contributed by atoms with Gasteiger partial charge in [0, 0.05) is 25.8 Å². The summed E-state index contributed by atoms with van der Waals surface area (Å²) in [4.78, 5) is 18.5. The molecule has 1 N–H and O–H groups in total. The van der Waals surface area contributed by atoms with Gasteiger partial charge >= 0.3 is 0 Å². The molecule has 1 aliphatic rings. The lowest BCUT2D eigenvalue weighted by Crippen LogP contribution is -2.41. The van der Waals surface area contributed by atoms with Crippen molar-refractivity contribution in [3.05, 3.63) is 48.0 Å². The Morgan fingerprint density at radius 1 is 1.45 bits per heavy atom. The Balaban J connectivity index is 1.56. The van der Waals surface area contributed by atoms with Crippen LogP contribution in [0.1, 0.15) is 23.0 Å². The molecule has 0 radical (unpaired) electrons. The van der Waals surface area contributed by atoms with Gasteiger partial charge in [0.15, 0.2) is 5.76 Å². The third-order valence-corrected chi connectivity index (χ3v) is 3.57. The highest BCUT2D eigenvalue weighted by Gasteiger charge is 2.17. The maximum atomic E-state index is 11.8. The van der Waals surface area contributed by atoms with E-state index in [2.05, 4.69) is 22.1 Å². The number of hydrogen-bond donors (Lipinski definition) is 1. The number of aromatic nitrogens is 1. The van der Waals surface area contributed by atoms with Gasteiger partial charge in [-0.2, -0.15) is 0 Å². The second kappa shape index (κ2) is 6.62. The van der Waals surface area contributed by atoms with Crippen molar-refractivity contribution >= 4 is 11.7 Å². The first-order valence-corrected chi connectivity index (χ1v) is 7.35. The van der Waals surface area contributed by atoms with Gasteiger partial charge in [0.25, 0.3) is 5.91 Å². The Morgan fingerprint density at radius 2 is 2.36 bits per heavy atom. The van der Waals surface area contributed by atoms with Crippen LogP contribution < -0.4 is 10.2 Å². The van der Waals surface area contributed by atoms with E-state index in [1.165, 1.54) is 6.26 Å². The molecule has 2 aromatic rings. The Bertz CT molecular complexity index is 610. The minimum absolute atomic E-state index is 0.225. The summed E-state index contributed by atoms with van der Waals surface area (Å²) >= 11 is 0. The molecule has 0 bridgehead atoms. The van der Waals surface area contributed by atoms with Crippen molar-refractivity contribution in [2.24, 2.45) is 0 Å². The highest BCUT2D eigenvalue weighted by molar-refractivity contribution is 5.91. The highest BCUT2D eigenvalue weighted by atomic mass is 16.5. The molecule has 1 saturated heterocycles. The lowest BCUT2D eigenvalue weighted by atomic mass is 10.2. The van der Waals surface area contributed by atoms with Crippen LogP contribution in [0.4, 0.5) is 5.82 Å². The van der Waals surface area contributed by atoms with Crippen molar-refractivity contribution in [3.63, 3.8) is 0 Å². The predicted octanol–water partition coefficient (Wildman–Crippen LogP) is 1.83. The van der Waals surface area contributed by atoms with E-state index in [-0.39, 0.29) is 12.0 Å². The van der Waals surface area contributed by atoms with Crippen molar-refractivity contribution in [2.75, 3.05) is 24.6 Å². The van der Waals surface area contributed by atoms with E-state index in [9.17, 15) is 4.79 Å². The first-order chi connectivity index (χ1) is 10.7. The number of furan rings is 1. The molecule has 0 saturated carbocycles. The Morgan fingerprint density at radius 3 is 3.05 bits per heavy atom. The standard InChI is InChI=1S/C16H19N3O3/c1-12-11-19(6-8-21-12)15-5-4-13(9-17-15)10-18-16(20)14-3-2-7-22-14/h2-5,7,9,12H,6,8,10-11H2,1H3,(H,18,20). The number of carbonyl (C=O) groups is 1. The van der Waals surface area contributed by atoms with Crippen LogP contribution in [0.3, 0.4) is 0 Å². The number of amides is 1. The molecule has 6 nitrogen and oxygen atoms in total. The molecule has 2 aromatic heterocycles. The highest BCUT2D eigenvalue weighted by Crippen LogP contribution is 2.15. The third-order valence-electron chi connectivity index (χ3n) is 3.57. The topological polar surface area (TPSA) is 67.6 Å². The van der Waals surface area contributed by atoms with Gasteiger partial charge in [0.2, 0.25) is 0 Å². The molecule has 3 heterocycles. The molecule has 6 heteroatoms. The van der Waals surface area contributed by atoms with Crippen LogP contribution in [0.25, 0.3) is 0 Å². The third kappa shape index (κ3) is 3.46. The molecule has 22 heavy (non-hydrogen) atoms. The number of rotatable bonds is 4. The molecular weight excluding hydrogens is 282 g/mol. The van der Waals surface area contributed by atoms with Crippen molar-refractivity contribution in [3.8, 4) is 0 Å². The van der Waals surface area contributed by atoms with E-state index >= 15 is 0 Å². The second-order valence-corrected chi connectivity index (χ2v) is 5.31. The fourth-order valence-corrected chi connectivity index (χ4v) is 2.41. The van der Waals surface area contributed by atoms with Crippen LogP contribution in [0, 0.1) is 0 Å². The number of pyridine rings is 1. The first-order valence-electron chi connectivity index (χ1n) is 7.35. The van der Waals surface area contributed by atoms with E-state index < -0.39 is 0 Å². The zero-order chi connectivity index (χ0) is 15.4. The molecule has 0 aliphatic carbocycles. The molecule has 1 aliphatic heterocycles. The van der Waals surface area contributed by atoms with Crippen molar-refractivity contribution < 1.29 is 13.9 Å². The summed E-state index contributed by atoms with van der Waals surface area (Å²) in [6.07, 6.45) is 3.50. The number of hydrogen-bond acceptors (Lipinski definition) is 5. The van der Waals surface area contributed by atoms with Crippen molar-refractivity contribution in [1.82, 2.24) is 10.3 Å². The van der Waals surface area contributed by atoms with E-state index in [4.69, 9.17) is 9.15 Å². The van der Waals surface area contributed by atoms with E-state index in [1.54, 1.807) is 18.3 Å². The number of nitrogens with zero attached hydrogens (tertiary/aromatic N) is 2. The molecule has 116 valence electrons. The summed E-state index contributed by atoms with van der Waals surface area (Å²) in [6.45, 7) is 4.91. The van der Waals surface area contributed by atoms with Crippen LogP contribution >= 0.6 is 0 Å². The molecule has 1 atom stereocenters. The van der Waals surface area contributed by atoms with Gasteiger partial charge in [-0.25, -0.2) is 4.98 Å². The summed E-state index contributed by atoms with van der Waals surface area (Å²) in [7, 11) is 0. The zero-order valence-electron chi connectivity index (χ0n) is 12.5. The molecule has 0 aromatic carbocycles. The van der Waals surface area contributed by atoms with Gasteiger partial charge < -0.3 is 19.4 Å². The van der Waals surface area contributed by atoms with Crippen LogP contribution in [-0.4, -0.2) is 36.7 Å². The van der Waals surface area contributed by atoms with Gasteiger partial charge in [0.05, 0.1) is 19.0 Å². The van der Waals surface area contributed by atoms with Crippen LogP contribution in [0.5, 0.6) is 0 Å². The lowest BCUT2D eigenvalue weighted by Gasteiger charge is -2.32.